The predicted octanol–water partition coefficient (Wildman–Crippen LogP) is 2.54. The van der Waals surface area contributed by atoms with E-state index < -0.39 is 5.60 Å². The van der Waals surface area contributed by atoms with Gasteiger partial charge in [-0.2, -0.15) is 0 Å². The molecule has 2 aromatic rings. The molecule has 1 N–H and O–H groups in total. The fourth-order valence-corrected chi connectivity index (χ4v) is 3.17. The van der Waals surface area contributed by atoms with Crippen LogP contribution in [0.5, 0.6) is 0 Å². The number of benzene rings is 1. The summed E-state index contributed by atoms with van der Waals surface area (Å²) in [7, 11) is 0. The van der Waals surface area contributed by atoms with E-state index in [1.807, 2.05) is 41.8 Å². The third kappa shape index (κ3) is 1.72. The summed E-state index contributed by atoms with van der Waals surface area (Å²) >= 11 is 1.37. The van der Waals surface area contributed by atoms with Gasteiger partial charge in [0.1, 0.15) is 0 Å². The van der Waals surface area contributed by atoms with Crippen LogP contribution >= 0.6 is 11.3 Å². The molecule has 2 heterocycles. The molecule has 0 aliphatic carbocycles. The summed E-state index contributed by atoms with van der Waals surface area (Å²) in [6.45, 7) is 4.23. The van der Waals surface area contributed by atoms with E-state index >= 15 is 0 Å². The Hall–Kier alpha value is -1.91. The van der Waals surface area contributed by atoms with Gasteiger partial charge in [-0.15, -0.1) is 11.3 Å². The van der Waals surface area contributed by atoms with Crippen molar-refractivity contribution >= 4 is 22.9 Å². The van der Waals surface area contributed by atoms with Crippen LogP contribution in [-0.4, -0.2) is 17.6 Å². The van der Waals surface area contributed by atoms with Crippen molar-refractivity contribution in [1.82, 2.24) is 0 Å². The molecule has 1 saturated heterocycles. The fraction of sp³-hybridized carbons (Fsp3) is 0.133. The summed E-state index contributed by atoms with van der Waals surface area (Å²) in [6.07, 6.45) is 0. The second-order valence-electron chi connectivity index (χ2n) is 4.52. The van der Waals surface area contributed by atoms with Gasteiger partial charge in [0.2, 0.25) is 5.60 Å². The lowest BCUT2D eigenvalue weighted by Gasteiger charge is -2.21. The van der Waals surface area contributed by atoms with Crippen molar-refractivity contribution in [2.75, 3.05) is 11.4 Å². The van der Waals surface area contributed by atoms with Crippen LogP contribution in [0, 0.1) is 0 Å². The number of hydrogen-bond acceptors (Lipinski definition) is 3. The van der Waals surface area contributed by atoms with E-state index in [0.717, 1.165) is 5.69 Å². The lowest BCUT2D eigenvalue weighted by atomic mass is 9.96. The molecule has 0 spiro atoms. The number of carbonyl (C=O) groups is 1. The highest BCUT2D eigenvalue weighted by molar-refractivity contribution is 7.10. The number of aliphatic hydroxyl groups is 1. The largest absolute Gasteiger partial charge is 0.371 e. The first-order valence-electron chi connectivity index (χ1n) is 5.95. The van der Waals surface area contributed by atoms with Crippen molar-refractivity contribution in [3.05, 3.63) is 64.9 Å². The van der Waals surface area contributed by atoms with E-state index in [4.69, 9.17) is 0 Å². The van der Waals surface area contributed by atoms with Gasteiger partial charge in [0, 0.05) is 10.6 Å². The minimum absolute atomic E-state index is 0.328. The van der Waals surface area contributed by atoms with Crippen molar-refractivity contribution in [3.63, 3.8) is 0 Å². The van der Waals surface area contributed by atoms with Crippen molar-refractivity contribution < 1.29 is 9.90 Å². The van der Waals surface area contributed by atoms with Gasteiger partial charge in [0.25, 0.3) is 5.91 Å². The topological polar surface area (TPSA) is 40.5 Å². The van der Waals surface area contributed by atoms with Gasteiger partial charge in [0.05, 0.1) is 6.54 Å². The number of nitrogens with zero attached hydrogens (tertiary/aromatic N) is 1. The molecule has 0 radical (unpaired) electrons. The number of amides is 1. The lowest BCUT2D eigenvalue weighted by molar-refractivity contribution is -0.131. The minimum atomic E-state index is -1.58. The van der Waals surface area contributed by atoms with Crippen molar-refractivity contribution in [2.24, 2.45) is 0 Å². The maximum absolute atomic E-state index is 12.6. The van der Waals surface area contributed by atoms with E-state index in [0.29, 0.717) is 17.0 Å². The molecule has 1 aliphatic rings. The van der Waals surface area contributed by atoms with Crippen LogP contribution in [0.4, 0.5) is 5.69 Å². The Morgan fingerprint density at radius 1 is 1.21 bits per heavy atom. The summed E-state index contributed by atoms with van der Waals surface area (Å²) in [5.41, 5.74) is -0.283. The van der Waals surface area contributed by atoms with Gasteiger partial charge >= 0.3 is 0 Å². The Labute approximate surface area is 115 Å². The molecular weight excluding hydrogens is 258 g/mol. The monoisotopic (exact) mass is 271 g/mol. The third-order valence-corrected chi connectivity index (χ3v) is 4.34. The smallest absolute Gasteiger partial charge is 0.269 e. The van der Waals surface area contributed by atoms with Crippen LogP contribution in [0.2, 0.25) is 0 Å². The SMILES string of the molecule is C=C1CN(c2ccccc2)C(=O)C1(O)c1cccs1. The predicted molar refractivity (Wildman–Crippen MR) is 76.2 cm³/mol. The Kier molecular flexibility index (Phi) is 2.77. The highest BCUT2D eigenvalue weighted by Gasteiger charge is 2.50. The second-order valence-corrected chi connectivity index (χ2v) is 5.47. The zero-order valence-corrected chi connectivity index (χ0v) is 11.1. The van der Waals surface area contributed by atoms with Crippen LogP contribution in [0.15, 0.2) is 60.0 Å². The summed E-state index contributed by atoms with van der Waals surface area (Å²) in [4.78, 5) is 14.8. The molecule has 1 unspecified atom stereocenters. The van der Waals surface area contributed by atoms with E-state index in [-0.39, 0.29) is 5.91 Å². The Bertz CT molecular complexity index is 621. The molecule has 4 heteroatoms. The summed E-state index contributed by atoms with van der Waals surface area (Å²) in [5, 5.41) is 12.6. The van der Waals surface area contributed by atoms with Crippen LogP contribution in [-0.2, 0) is 10.4 Å². The van der Waals surface area contributed by atoms with E-state index in [1.54, 1.807) is 11.0 Å². The highest BCUT2D eigenvalue weighted by Crippen LogP contribution is 2.40. The van der Waals surface area contributed by atoms with Gasteiger partial charge in [-0.1, -0.05) is 30.8 Å². The summed E-state index contributed by atoms with van der Waals surface area (Å²) in [5.74, 6) is -0.328. The summed E-state index contributed by atoms with van der Waals surface area (Å²) in [6, 6.07) is 12.9. The molecule has 1 aliphatic heterocycles. The van der Waals surface area contributed by atoms with Crippen LogP contribution in [0.1, 0.15) is 4.88 Å². The van der Waals surface area contributed by atoms with Crippen LogP contribution < -0.4 is 4.90 Å². The average molecular weight is 271 g/mol. The van der Waals surface area contributed by atoms with Gasteiger partial charge < -0.3 is 10.0 Å². The van der Waals surface area contributed by atoms with Crippen LogP contribution in [0.3, 0.4) is 0 Å². The molecule has 1 aromatic carbocycles. The number of anilines is 1. The number of para-hydroxylation sites is 1. The highest BCUT2D eigenvalue weighted by atomic mass is 32.1. The van der Waals surface area contributed by atoms with Crippen molar-refractivity contribution in [1.29, 1.82) is 0 Å². The normalized spacial score (nSPS) is 23.1. The zero-order valence-electron chi connectivity index (χ0n) is 10.2. The Balaban J connectivity index is 2.03. The molecule has 19 heavy (non-hydrogen) atoms. The fourth-order valence-electron chi connectivity index (χ4n) is 2.30. The van der Waals surface area contributed by atoms with E-state index in [1.165, 1.54) is 11.3 Å². The molecule has 3 rings (SSSR count). The number of rotatable bonds is 2. The molecule has 1 amide bonds. The number of carbonyl (C=O) groups excluding carboxylic acids is 1. The Morgan fingerprint density at radius 2 is 1.95 bits per heavy atom. The Morgan fingerprint density at radius 3 is 2.58 bits per heavy atom. The summed E-state index contributed by atoms with van der Waals surface area (Å²) < 4.78 is 0. The molecule has 1 fully saturated rings. The minimum Gasteiger partial charge on any atom is -0.371 e. The van der Waals surface area contributed by atoms with Crippen molar-refractivity contribution in [2.45, 2.75) is 5.60 Å². The average Bonchev–Trinajstić information content (AvgIpc) is 3.04. The van der Waals surface area contributed by atoms with Gasteiger partial charge in [-0.3, -0.25) is 4.79 Å². The second kappa shape index (κ2) is 4.33. The van der Waals surface area contributed by atoms with Crippen molar-refractivity contribution in [3.8, 4) is 0 Å². The van der Waals surface area contributed by atoms with E-state index in [9.17, 15) is 9.90 Å². The maximum atomic E-state index is 12.6. The molecule has 1 aromatic heterocycles. The molecule has 0 bridgehead atoms. The molecule has 96 valence electrons. The lowest BCUT2D eigenvalue weighted by Crippen LogP contribution is -2.37. The van der Waals surface area contributed by atoms with Gasteiger partial charge in [0.15, 0.2) is 0 Å². The number of thiophene rings is 1. The van der Waals surface area contributed by atoms with Crippen LogP contribution in [0.25, 0.3) is 0 Å². The quantitative estimate of drug-likeness (QED) is 0.853. The first-order valence-corrected chi connectivity index (χ1v) is 6.83. The first kappa shape index (κ1) is 12.1. The number of hydrogen-bond donors (Lipinski definition) is 1. The third-order valence-electron chi connectivity index (χ3n) is 3.36. The van der Waals surface area contributed by atoms with E-state index in [2.05, 4.69) is 6.58 Å². The van der Waals surface area contributed by atoms with Gasteiger partial charge in [-0.05, 0) is 29.2 Å². The van der Waals surface area contributed by atoms with Gasteiger partial charge in [-0.25, -0.2) is 0 Å². The first-order chi connectivity index (χ1) is 9.14. The molecule has 1 atom stereocenters. The molecule has 3 nitrogen and oxygen atoms in total. The molecule has 0 saturated carbocycles. The zero-order chi connectivity index (χ0) is 13.5. The standard InChI is InChI=1S/C15H13NO2S/c1-11-10-16(12-6-3-2-4-7-12)14(17)15(11,18)13-8-5-9-19-13/h2-9,18H,1,10H2. The maximum Gasteiger partial charge on any atom is 0.269 e. The molecular formula is C15H13NO2S.